The molecule has 2 fully saturated rings. The van der Waals surface area contributed by atoms with E-state index in [9.17, 15) is 4.79 Å². The molecule has 2 rings (SSSR count). The number of piperidine rings is 1. The highest BCUT2D eigenvalue weighted by atomic mass is 16.7. The smallest absolute Gasteiger partial charge is 0.322 e. The first-order valence-electron chi connectivity index (χ1n) is 9.77. The first-order valence-corrected chi connectivity index (χ1v) is 9.77. The van der Waals surface area contributed by atoms with Crippen LogP contribution in [0.4, 0.5) is 0 Å². The summed E-state index contributed by atoms with van der Waals surface area (Å²) in [5.41, 5.74) is -0.610. The number of carbonyl (C=O) groups is 1. The van der Waals surface area contributed by atoms with E-state index in [-0.39, 0.29) is 28.4 Å². The minimum atomic E-state index is -0.624. The number of rotatable bonds is 4. The maximum atomic E-state index is 11.8. The van der Waals surface area contributed by atoms with Crippen molar-refractivity contribution in [3.05, 3.63) is 0 Å². The van der Waals surface area contributed by atoms with Gasteiger partial charge in [0, 0.05) is 24.7 Å². The molecule has 0 amide bonds. The standard InChI is InChI=1S/C20H37NO4/c1-9-17(6)13-23-20(24-14-17)12-18(7,10-2)21(25-16(5)22)19(8,11-3)15(20)4/h15H,9-14H2,1-8H3. The predicted molar refractivity (Wildman–Crippen MR) is 97.8 cm³/mol. The van der Waals surface area contributed by atoms with Crippen LogP contribution in [0.3, 0.4) is 0 Å². The summed E-state index contributed by atoms with van der Waals surface area (Å²) in [4.78, 5) is 17.5. The van der Waals surface area contributed by atoms with Crippen molar-refractivity contribution in [1.29, 1.82) is 0 Å². The average Bonchev–Trinajstić information content (AvgIpc) is 2.59. The molecule has 0 aromatic rings. The predicted octanol–water partition coefficient (Wildman–Crippen LogP) is 4.30. The Morgan fingerprint density at radius 2 is 1.64 bits per heavy atom. The van der Waals surface area contributed by atoms with E-state index in [2.05, 4.69) is 48.5 Å². The zero-order valence-corrected chi connectivity index (χ0v) is 17.4. The molecule has 0 N–H and O–H groups in total. The molecular weight excluding hydrogens is 318 g/mol. The highest BCUT2D eigenvalue weighted by Crippen LogP contribution is 2.54. The fourth-order valence-electron chi connectivity index (χ4n) is 4.32. The molecule has 3 atom stereocenters. The van der Waals surface area contributed by atoms with Crippen molar-refractivity contribution in [2.45, 2.75) is 97.9 Å². The third kappa shape index (κ3) is 3.35. The molecule has 2 aliphatic heterocycles. The van der Waals surface area contributed by atoms with E-state index >= 15 is 0 Å². The zero-order valence-electron chi connectivity index (χ0n) is 17.4. The maximum absolute atomic E-state index is 11.8. The van der Waals surface area contributed by atoms with Crippen LogP contribution in [0.2, 0.25) is 0 Å². The van der Waals surface area contributed by atoms with Crippen LogP contribution in [-0.2, 0) is 19.1 Å². The van der Waals surface area contributed by atoms with E-state index in [1.807, 2.05) is 5.06 Å². The molecule has 0 aliphatic carbocycles. The second-order valence-corrected chi connectivity index (χ2v) is 8.89. The first-order chi connectivity index (χ1) is 11.5. The van der Waals surface area contributed by atoms with Gasteiger partial charge < -0.3 is 14.3 Å². The fraction of sp³-hybridized carbons (Fsp3) is 0.950. The van der Waals surface area contributed by atoms with Gasteiger partial charge in [0.25, 0.3) is 0 Å². The lowest BCUT2D eigenvalue weighted by molar-refractivity contribution is -0.400. The molecule has 2 saturated heterocycles. The molecule has 2 aliphatic rings. The second kappa shape index (κ2) is 6.82. The van der Waals surface area contributed by atoms with Crippen molar-refractivity contribution in [3.63, 3.8) is 0 Å². The summed E-state index contributed by atoms with van der Waals surface area (Å²) in [5.74, 6) is -0.821. The Bertz CT molecular complexity index is 500. The van der Waals surface area contributed by atoms with Gasteiger partial charge in [-0.3, -0.25) is 4.79 Å². The van der Waals surface area contributed by atoms with Crippen molar-refractivity contribution >= 4 is 5.97 Å². The van der Waals surface area contributed by atoms with E-state index in [4.69, 9.17) is 14.3 Å². The summed E-state index contributed by atoms with van der Waals surface area (Å²) in [6.45, 7) is 18.1. The number of ether oxygens (including phenoxy) is 2. The Morgan fingerprint density at radius 1 is 1.08 bits per heavy atom. The minimum Gasteiger partial charge on any atom is -0.367 e. The monoisotopic (exact) mass is 355 g/mol. The summed E-state index contributed by atoms with van der Waals surface area (Å²) >= 11 is 0. The van der Waals surface area contributed by atoms with Gasteiger partial charge in [-0.15, -0.1) is 5.06 Å². The van der Waals surface area contributed by atoms with Gasteiger partial charge in [0.15, 0.2) is 5.79 Å². The van der Waals surface area contributed by atoms with Gasteiger partial charge in [0.05, 0.1) is 24.3 Å². The largest absolute Gasteiger partial charge is 0.367 e. The molecule has 0 aromatic carbocycles. The van der Waals surface area contributed by atoms with Gasteiger partial charge >= 0.3 is 5.97 Å². The highest BCUT2D eigenvalue weighted by molar-refractivity contribution is 5.65. The van der Waals surface area contributed by atoms with Crippen LogP contribution in [0.5, 0.6) is 0 Å². The quantitative estimate of drug-likeness (QED) is 0.752. The van der Waals surface area contributed by atoms with Crippen LogP contribution in [0.15, 0.2) is 0 Å². The summed E-state index contributed by atoms with van der Waals surface area (Å²) in [5, 5.41) is 1.94. The topological polar surface area (TPSA) is 48.0 Å². The Balaban J connectivity index is 2.42. The molecule has 3 unspecified atom stereocenters. The number of nitrogens with zero attached hydrogens (tertiary/aromatic N) is 1. The number of hydrogen-bond acceptors (Lipinski definition) is 5. The molecule has 0 radical (unpaired) electrons. The van der Waals surface area contributed by atoms with E-state index in [1.54, 1.807) is 0 Å². The summed E-state index contributed by atoms with van der Waals surface area (Å²) < 4.78 is 13.0. The van der Waals surface area contributed by atoms with Crippen LogP contribution in [0, 0.1) is 11.3 Å². The molecule has 1 spiro atoms. The second-order valence-electron chi connectivity index (χ2n) is 8.89. The maximum Gasteiger partial charge on any atom is 0.322 e. The number of hydroxylamine groups is 2. The molecule has 5 nitrogen and oxygen atoms in total. The van der Waals surface area contributed by atoms with Crippen molar-refractivity contribution in [1.82, 2.24) is 5.06 Å². The van der Waals surface area contributed by atoms with Gasteiger partial charge in [0.1, 0.15) is 0 Å². The van der Waals surface area contributed by atoms with Crippen LogP contribution in [-0.4, -0.2) is 41.1 Å². The van der Waals surface area contributed by atoms with E-state index < -0.39 is 5.79 Å². The van der Waals surface area contributed by atoms with Crippen LogP contribution < -0.4 is 0 Å². The van der Waals surface area contributed by atoms with Gasteiger partial charge in [-0.2, -0.15) is 0 Å². The number of hydrogen-bond donors (Lipinski definition) is 0. The van der Waals surface area contributed by atoms with E-state index in [0.717, 1.165) is 19.3 Å². The average molecular weight is 356 g/mol. The lowest BCUT2D eigenvalue weighted by Gasteiger charge is -2.63. The Kier molecular flexibility index (Phi) is 5.64. The van der Waals surface area contributed by atoms with Gasteiger partial charge in [-0.05, 0) is 33.1 Å². The summed E-state index contributed by atoms with van der Waals surface area (Å²) in [7, 11) is 0. The molecule has 0 bridgehead atoms. The van der Waals surface area contributed by atoms with Crippen LogP contribution in [0.1, 0.15) is 81.1 Å². The normalized spacial score (nSPS) is 45.5. The molecule has 2 heterocycles. The summed E-state index contributed by atoms with van der Waals surface area (Å²) in [6.07, 6.45) is 3.42. The Labute approximate surface area is 153 Å². The molecule has 0 saturated carbocycles. The van der Waals surface area contributed by atoms with Crippen molar-refractivity contribution in [3.8, 4) is 0 Å². The van der Waals surface area contributed by atoms with Crippen LogP contribution in [0.25, 0.3) is 0 Å². The van der Waals surface area contributed by atoms with Crippen molar-refractivity contribution in [2.24, 2.45) is 11.3 Å². The van der Waals surface area contributed by atoms with Gasteiger partial charge in [-0.1, -0.05) is 34.6 Å². The minimum absolute atomic E-state index is 0.0726. The third-order valence-electron chi connectivity index (χ3n) is 7.05. The molecule has 5 heteroatoms. The van der Waals surface area contributed by atoms with Gasteiger partial charge in [-0.25, -0.2) is 0 Å². The van der Waals surface area contributed by atoms with E-state index in [1.165, 1.54) is 6.92 Å². The molecule has 0 aromatic heterocycles. The first kappa shape index (κ1) is 20.7. The Hall–Kier alpha value is -0.650. The van der Waals surface area contributed by atoms with Gasteiger partial charge in [0.2, 0.25) is 0 Å². The lowest BCUT2D eigenvalue weighted by Crippen LogP contribution is -2.74. The van der Waals surface area contributed by atoms with Crippen molar-refractivity contribution < 1.29 is 19.1 Å². The third-order valence-corrected chi connectivity index (χ3v) is 7.05. The molecule has 146 valence electrons. The van der Waals surface area contributed by atoms with Crippen LogP contribution >= 0.6 is 0 Å². The Morgan fingerprint density at radius 3 is 2.04 bits per heavy atom. The lowest BCUT2D eigenvalue weighted by atomic mass is 9.67. The molecule has 25 heavy (non-hydrogen) atoms. The SMILES string of the molecule is CCC1(C)COC2(CC(C)(CC)N(OC(C)=O)C(C)(CC)C2C)OC1. The zero-order chi connectivity index (χ0) is 19.1. The molecular formula is C20H37NO4. The summed E-state index contributed by atoms with van der Waals surface area (Å²) in [6, 6.07) is 0. The van der Waals surface area contributed by atoms with Crippen molar-refractivity contribution in [2.75, 3.05) is 13.2 Å². The highest BCUT2D eigenvalue weighted by Gasteiger charge is 2.64. The van der Waals surface area contributed by atoms with E-state index in [0.29, 0.717) is 19.6 Å². The fourth-order valence-corrected chi connectivity index (χ4v) is 4.32. The number of carbonyl (C=O) groups excluding carboxylic acids is 1.